The molecule has 2 heterocycles. The minimum Gasteiger partial charge on any atom is -0.454 e. The fourth-order valence-electron chi connectivity index (χ4n) is 2.77. The molecule has 6 nitrogen and oxygen atoms in total. The first-order valence-electron chi connectivity index (χ1n) is 7.09. The second kappa shape index (κ2) is 5.63. The number of fused-ring (bicyclic) bond motifs is 1. The number of likely N-dealkylation sites (tertiary alicyclic amines) is 1. The van der Waals surface area contributed by atoms with Crippen molar-refractivity contribution in [3.63, 3.8) is 0 Å². The summed E-state index contributed by atoms with van der Waals surface area (Å²) in [5.74, 6) is 0.849. The summed E-state index contributed by atoms with van der Waals surface area (Å²) in [6.45, 7) is 1.34. The number of carbonyl (C=O) groups excluding carboxylic acids is 2. The number of hydrogen-bond acceptors (Lipinski definition) is 4. The van der Waals surface area contributed by atoms with Gasteiger partial charge in [0, 0.05) is 13.1 Å². The number of nitrogens with two attached hydrogens (primary N) is 1. The van der Waals surface area contributed by atoms with Crippen LogP contribution in [0.1, 0.15) is 18.4 Å². The van der Waals surface area contributed by atoms with Crippen molar-refractivity contribution in [3.8, 4) is 11.5 Å². The molecular weight excluding hydrogens is 272 g/mol. The molecule has 0 radical (unpaired) electrons. The second-order valence-corrected chi connectivity index (χ2v) is 5.45. The molecule has 1 saturated heterocycles. The summed E-state index contributed by atoms with van der Waals surface area (Å²) in [5.41, 5.74) is 6.22. The van der Waals surface area contributed by atoms with E-state index in [1.54, 1.807) is 4.90 Å². The molecule has 0 bridgehead atoms. The second-order valence-electron chi connectivity index (χ2n) is 5.45. The Morgan fingerprint density at radius 2 is 2.10 bits per heavy atom. The lowest BCUT2D eigenvalue weighted by atomic mass is 9.97. The van der Waals surface area contributed by atoms with Crippen molar-refractivity contribution in [2.24, 2.45) is 11.7 Å². The summed E-state index contributed by atoms with van der Waals surface area (Å²) in [6.07, 6.45) is 1.88. The Morgan fingerprint density at radius 1 is 1.29 bits per heavy atom. The number of nitrogens with zero attached hydrogens (tertiary/aromatic N) is 1. The number of piperidine rings is 1. The summed E-state index contributed by atoms with van der Waals surface area (Å²) in [6, 6.07) is 5.50. The first-order chi connectivity index (χ1) is 10.1. The van der Waals surface area contributed by atoms with Gasteiger partial charge in [0.25, 0.3) is 0 Å². The van der Waals surface area contributed by atoms with Crippen molar-refractivity contribution in [2.75, 3.05) is 19.9 Å². The van der Waals surface area contributed by atoms with Gasteiger partial charge in [0.1, 0.15) is 0 Å². The Balaban J connectivity index is 1.64. The molecule has 0 saturated carbocycles. The largest absolute Gasteiger partial charge is 0.454 e. The van der Waals surface area contributed by atoms with Crippen LogP contribution in [0.5, 0.6) is 11.5 Å². The molecule has 0 spiro atoms. The predicted octanol–water partition coefficient (Wildman–Crippen LogP) is 0.682. The Hall–Kier alpha value is -2.24. The number of benzene rings is 1. The van der Waals surface area contributed by atoms with Gasteiger partial charge in [-0.15, -0.1) is 0 Å². The molecule has 2 aliphatic rings. The lowest BCUT2D eigenvalue weighted by Crippen LogP contribution is -2.44. The van der Waals surface area contributed by atoms with Gasteiger partial charge in [-0.3, -0.25) is 9.59 Å². The topological polar surface area (TPSA) is 81.9 Å². The maximum atomic E-state index is 12.3. The van der Waals surface area contributed by atoms with Crippen LogP contribution >= 0.6 is 0 Å². The third-order valence-corrected chi connectivity index (χ3v) is 3.97. The molecular formula is C15H18N2O4. The van der Waals surface area contributed by atoms with E-state index in [4.69, 9.17) is 15.2 Å². The van der Waals surface area contributed by atoms with Gasteiger partial charge in [-0.1, -0.05) is 6.07 Å². The van der Waals surface area contributed by atoms with Crippen LogP contribution in [0.15, 0.2) is 18.2 Å². The van der Waals surface area contributed by atoms with Gasteiger partial charge in [0.05, 0.1) is 12.3 Å². The van der Waals surface area contributed by atoms with E-state index < -0.39 is 0 Å². The van der Waals surface area contributed by atoms with Crippen LogP contribution in [-0.4, -0.2) is 36.6 Å². The molecule has 3 rings (SSSR count). The van der Waals surface area contributed by atoms with Gasteiger partial charge in [-0.25, -0.2) is 0 Å². The first-order valence-corrected chi connectivity index (χ1v) is 7.09. The quantitative estimate of drug-likeness (QED) is 0.887. The molecule has 21 heavy (non-hydrogen) atoms. The first kappa shape index (κ1) is 13.7. The average molecular weight is 290 g/mol. The molecule has 2 aliphatic heterocycles. The van der Waals surface area contributed by atoms with Gasteiger partial charge in [-0.2, -0.15) is 0 Å². The van der Waals surface area contributed by atoms with E-state index in [0.29, 0.717) is 31.0 Å². The maximum Gasteiger partial charge on any atom is 0.231 e. The Kier molecular flexibility index (Phi) is 3.68. The summed E-state index contributed by atoms with van der Waals surface area (Å²) < 4.78 is 10.6. The van der Waals surface area contributed by atoms with Crippen LogP contribution in [0.25, 0.3) is 0 Å². The highest BCUT2D eigenvalue weighted by Crippen LogP contribution is 2.32. The summed E-state index contributed by atoms with van der Waals surface area (Å²) in [7, 11) is 0. The minimum atomic E-state index is -0.324. The molecule has 2 amide bonds. The van der Waals surface area contributed by atoms with Crippen molar-refractivity contribution < 1.29 is 19.1 Å². The number of carbonyl (C=O) groups is 2. The lowest BCUT2D eigenvalue weighted by Gasteiger charge is -2.31. The zero-order valence-electron chi connectivity index (χ0n) is 11.7. The van der Waals surface area contributed by atoms with Gasteiger partial charge < -0.3 is 20.1 Å². The van der Waals surface area contributed by atoms with Gasteiger partial charge >= 0.3 is 0 Å². The van der Waals surface area contributed by atoms with E-state index in [1.165, 1.54) is 0 Å². The van der Waals surface area contributed by atoms with Gasteiger partial charge in [0.2, 0.25) is 18.6 Å². The summed E-state index contributed by atoms with van der Waals surface area (Å²) in [5, 5.41) is 0. The molecule has 112 valence electrons. The van der Waals surface area contributed by atoms with Crippen LogP contribution in [0.2, 0.25) is 0 Å². The predicted molar refractivity (Wildman–Crippen MR) is 74.8 cm³/mol. The molecule has 0 aromatic heterocycles. The molecule has 1 aromatic rings. The van der Waals surface area contributed by atoms with Crippen molar-refractivity contribution in [1.82, 2.24) is 4.90 Å². The SMILES string of the molecule is NC(=O)C1CCCN(C(=O)Cc2ccc3c(c2)OCO3)C1. The Morgan fingerprint density at radius 3 is 2.90 bits per heavy atom. The smallest absolute Gasteiger partial charge is 0.231 e. The number of hydrogen-bond donors (Lipinski definition) is 1. The van der Waals surface area contributed by atoms with Crippen molar-refractivity contribution in [2.45, 2.75) is 19.3 Å². The molecule has 1 unspecified atom stereocenters. The van der Waals surface area contributed by atoms with E-state index in [9.17, 15) is 9.59 Å². The normalized spacial score (nSPS) is 20.4. The molecule has 1 atom stereocenters. The fraction of sp³-hybridized carbons (Fsp3) is 0.467. The van der Waals surface area contributed by atoms with Crippen LogP contribution < -0.4 is 15.2 Å². The molecule has 2 N–H and O–H groups in total. The van der Waals surface area contributed by atoms with Crippen LogP contribution in [0, 0.1) is 5.92 Å². The number of ether oxygens (including phenoxy) is 2. The van der Waals surface area contributed by atoms with Gasteiger partial charge in [0.15, 0.2) is 11.5 Å². The van der Waals surface area contributed by atoms with Crippen molar-refractivity contribution >= 4 is 11.8 Å². The third-order valence-electron chi connectivity index (χ3n) is 3.97. The number of rotatable bonds is 3. The van der Waals surface area contributed by atoms with Crippen LogP contribution in [0.3, 0.4) is 0 Å². The Bertz CT molecular complexity index is 573. The zero-order valence-corrected chi connectivity index (χ0v) is 11.7. The van der Waals surface area contributed by atoms with Crippen LogP contribution in [0.4, 0.5) is 0 Å². The van der Waals surface area contributed by atoms with E-state index in [2.05, 4.69) is 0 Å². The number of primary amides is 1. The highest BCUT2D eigenvalue weighted by atomic mass is 16.7. The highest BCUT2D eigenvalue weighted by Gasteiger charge is 2.27. The maximum absolute atomic E-state index is 12.3. The highest BCUT2D eigenvalue weighted by molar-refractivity contribution is 5.81. The summed E-state index contributed by atoms with van der Waals surface area (Å²) in [4.78, 5) is 25.3. The van der Waals surface area contributed by atoms with E-state index in [1.807, 2.05) is 18.2 Å². The van der Waals surface area contributed by atoms with Gasteiger partial charge in [-0.05, 0) is 30.5 Å². The average Bonchev–Trinajstić information content (AvgIpc) is 2.95. The van der Waals surface area contributed by atoms with Crippen LogP contribution in [-0.2, 0) is 16.0 Å². The van der Waals surface area contributed by atoms with E-state index in [-0.39, 0.29) is 24.5 Å². The molecule has 1 aromatic carbocycles. The Labute approximate surface area is 122 Å². The minimum absolute atomic E-state index is 0.0137. The lowest BCUT2D eigenvalue weighted by molar-refractivity contribution is -0.134. The third kappa shape index (κ3) is 2.94. The number of amides is 2. The zero-order chi connectivity index (χ0) is 14.8. The molecule has 0 aliphatic carbocycles. The summed E-state index contributed by atoms with van der Waals surface area (Å²) >= 11 is 0. The van der Waals surface area contributed by atoms with Crippen molar-refractivity contribution in [3.05, 3.63) is 23.8 Å². The fourth-order valence-corrected chi connectivity index (χ4v) is 2.77. The monoisotopic (exact) mass is 290 g/mol. The standard InChI is InChI=1S/C15H18N2O4/c16-15(19)11-2-1-5-17(8-11)14(18)7-10-3-4-12-13(6-10)21-9-20-12/h3-4,6,11H,1-2,5,7-9H2,(H2,16,19). The molecule has 1 fully saturated rings. The van der Waals surface area contributed by atoms with E-state index >= 15 is 0 Å². The van der Waals surface area contributed by atoms with Crippen molar-refractivity contribution in [1.29, 1.82) is 0 Å². The van der Waals surface area contributed by atoms with E-state index in [0.717, 1.165) is 18.4 Å². The molecule has 6 heteroatoms.